The molecule has 3 nitrogen and oxygen atoms in total. The van der Waals surface area contributed by atoms with Crippen molar-refractivity contribution in [3.05, 3.63) is 60.1 Å². The minimum atomic E-state index is 0.0751. The Bertz CT molecular complexity index is 552. The number of nitrogens with one attached hydrogen (secondary N) is 1. The largest absolute Gasteiger partial charge is 0.468 e. The van der Waals surface area contributed by atoms with Gasteiger partial charge < -0.3 is 9.73 Å². The Kier molecular flexibility index (Phi) is 6.59. The maximum Gasteiger partial charge on any atom is 0.230 e. The van der Waals surface area contributed by atoms with E-state index in [4.69, 9.17) is 4.42 Å². The number of furan rings is 1. The minimum absolute atomic E-state index is 0.0751. The summed E-state index contributed by atoms with van der Waals surface area (Å²) < 4.78 is 5.27. The van der Waals surface area contributed by atoms with Crippen LogP contribution in [-0.4, -0.2) is 11.7 Å². The first-order chi connectivity index (χ1) is 10.6. The van der Waals surface area contributed by atoms with E-state index in [9.17, 15) is 4.79 Å². The van der Waals surface area contributed by atoms with Crippen LogP contribution < -0.4 is 5.32 Å². The van der Waals surface area contributed by atoms with Crippen LogP contribution in [0.1, 0.15) is 37.6 Å². The zero-order valence-corrected chi connectivity index (χ0v) is 13.9. The molecule has 0 aliphatic carbocycles. The number of carbonyl (C=O) groups is 1. The second-order valence-corrected chi connectivity index (χ2v) is 6.72. The van der Waals surface area contributed by atoms with Crippen molar-refractivity contribution in [2.45, 2.75) is 32.1 Å². The Morgan fingerprint density at radius 3 is 2.59 bits per heavy atom. The number of amides is 1. The van der Waals surface area contributed by atoms with Crippen LogP contribution in [0.3, 0.4) is 0 Å². The maximum atomic E-state index is 12.2. The van der Waals surface area contributed by atoms with Gasteiger partial charge in [0.2, 0.25) is 5.91 Å². The van der Waals surface area contributed by atoms with Crippen LogP contribution in [0.2, 0.25) is 0 Å². The summed E-state index contributed by atoms with van der Waals surface area (Å²) in [5, 5.41) is 3.15. The van der Waals surface area contributed by atoms with Crippen molar-refractivity contribution in [3.8, 4) is 0 Å². The fourth-order valence-corrected chi connectivity index (χ4v) is 3.05. The lowest BCUT2D eigenvalue weighted by Gasteiger charge is -2.21. The Balaban J connectivity index is 1.85. The van der Waals surface area contributed by atoms with Gasteiger partial charge in [0.25, 0.3) is 0 Å². The Hall–Kier alpha value is -1.68. The number of rotatable bonds is 8. The van der Waals surface area contributed by atoms with Crippen LogP contribution in [0.5, 0.6) is 0 Å². The second kappa shape index (κ2) is 8.69. The molecule has 1 unspecified atom stereocenters. The van der Waals surface area contributed by atoms with Crippen LogP contribution >= 0.6 is 11.8 Å². The molecule has 1 aromatic heterocycles. The predicted molar refractivity (Wildman–Crippen MR) is 91.7 cm³/mol. The van der Waals surface area contributed by atoms with E-state index in [1.165, 1.54) is 5.56 Å². The van der Waals surface area contributed by atoms with E-state index in [-0.39, 0.29) is 11.9 Å². The molecule has 1 N–H and O–H groups in total. The summed E-state index contributed by atoms with van der Waals surface area (Å²) in [6.07, 6.45) is 2.60. The minimum Gasteiger partial charge on any atom is -0.468 e. The highest BCUT2D eigenvalue weighted by molar-refractivity contribution is 7.99. The monoisotopic (exact) mass is 317 g/mol. The van der Waals surface area contributed by atoms with Crippen molar-refractivity contribution < 1.29 is 9.21 Å². The summed E-state index contributed by atoms with van der Waals surface area (Å²) in [4.78, 5) is 12.2. The molecule has 22 heavy (non-hydrogen) atoms. The molecule has 2 rings (SSSR count). The van der Waals surface area contributed by atoms with E-state index in [0.29, 0.717) is 11.7 Å². The van der Waals surface area contributed by atoms with Crippen LogP contribution in [0.25, 0.3) is 0 Å². The number of hydrogen-bond acceptors (Lipinski definition) is 3. The number of thioether (sulfide) groups is 1. The van der Waals surface area contributed by atoms with Gasteiger partial charge in [0.05, 0.1) is 23.8 Å². The first-order valence-electron chi connectivity index (χ1n) is 7.59. The maximum absolute atomic E-state index is 12.2. The molecule has 1 heterocycles. The molecule has 0 aliphatic heterocycles. The average Bonchev–Trinajstić information content (AvgIpc) is 3.00. The molecular weight excluding hydrogens is 294 g/mol. The molecule has 0 bridgehead atoms. The molecule has 4 heteroatoms. The molecule has 1 atom stereocenters. The number of hydrogen-bond donors (Lipinski definition) is 1. The average molecular weight is 317 g/mol. The summed E-state index contributed by atoms with van der Waals surface area (Å²) in [5.41, 5.74) is 1.17. The van der Waals surface area contributed by atoms with Crippen LogP contribution in [0.15, 0.2) is 53.1 Å². The molecule has 2 aromatic rings. The molecular formula is C18H23NO2S. The summed E-state index contributed by atoms with van der Waals surface area (Å²) >= 11 is 1.57. The summed E-state index contributed by atoms with van der Waals surface area (Å²) in [6.45, 7) is 4.35. The van der Waals surface area contributed by atoms with Gasteiger partial charge >= 0.3 is 0 Å². The zero-order valence-electron chi connectivity index (χ0n) is 13.1. The highest BCUT2D eigenvalue weighted by atomic mass is 32.2. The van der Waals surface area contributed by atoms with Gasteiger partial charge in [0, 0.05) is 0 Å². The molecule has 0 radical (unpaired) electrons. The van der Waals surface area contributed by atoms with E-state index in [0.717, 1.165) is 17.9 Å². The van der Waals surface area contributed by atoms with Crippen LogP contribution in [-0.2, 0) is 10.5 Å². The van der Waals surface area contributed by atoms with E-state index in [1.807, 2.05) is 30.3 Å². The van der Waals surface area contributed by atoms with Crippen LogP contribution in [0.4, 0.5) is 0 Å². The van der Waals surface area contributed by atoms with Gasteiger partial charge in [0.1, 0.15) is 5.76 Å². The van der Waals surface area contributed by atoms with Gasteiger partial charge in [-0.15, -0.1) is 11.8 Å². The predicted octanol–water partition coefficient (Wildman–Crippen LogP) is 4.42. The fourth-order valence-electron chi connectivity index (χ4n) is 2.31. The summed E-state index contributed by atoms with van der Waals surface area (Å²) in [6, 6.07) is 14.0. The first-order valence-corrected chi connectivity index (χ1v) is 8.75. The SMILES string of the molecule is CC(C)CC(NC(=O)CSCc1ccco1)c1ccccc1. The van der Waals surface area contributed by atoms with Crippen molar-refractivity contribution in [2.75, 3.05) is 5.75 Å². The third-order valence-electron chi connectivity index (χ3n) is 3.30. The molecule has 0 spiro atoms. The van der Waals surface area contributed by atoms with Crippen LogP contribution in [0, 0.1) is 5.92 Å². The van der Waals surface area contributed by atoms with Gasteiger partial charge in [-0.05, 0) is 30.0 Å². The molecule has 0 fully saturated rings. The quantitative estimate of drug-likeness (QED) is 0.784. The molecule has 1 amide bonds. The molecule has 0 aliphatic rings. The van der Waals surface area contributed by atoms with E-state index >= 15 is 0 Å². The van der Waals surface area contributed by atoms with Gasteiger partial charge in [-0.2, -0.15) is 0 Å². The lowest BCUT2D eigenvalue weighted by molar-refractivity contribution is -0.119. The number of carbonyl (C=O) groups excluding carboxylic acids is 1. The Labute approximate surface area is 136 Å². The molecule has 0 saturated carbocycles. The van der Waals surface area contributed by atoms with E-state index in [1.54, 1.807) is 18.0 Å². The van der Waals surface area contributed by atoms with Crippen molar-refractivity contribution in [1.29, 1.82) is 0 Å². The molecule has 118 valence electrons. The third-order valence-corrected chi connectivity index (χ3v) is 4.26. The second-order valence-electron chi connectivity index (χ2n) is 5.73. The Morgan fingerprint density at radius 2 is 1.95 bits per heavy atom. The zero-order chi connectivity index (χ0) is 15.8. The van der Waals surface area contributed by atoms with Gasteiger partial charge in [-0.3, -0.25) is 4.79 Å². The smallest absolute Gasteiger partial charge is 0.230 e. The normalized spacial score (nSPS) is 12.3. The topological polar surface area (TPSA) is 42.2 Å². The molecule has 0 saturated heterocycles. The lowest BCUT2D eigenvalue weighted by atomic mass is 9.97. The highest BCUT2D eigenvalue weighted by Crippen LogP contribution is 2.21. The molecule has 1 aromatic carbocycles. The fraction of sp³-hybridized carbons (Fsp3) is 0.389. The van der Waals surface area contributed by atoms with E-state index < -0.39 is 0 Å². The standard InChI is InChI=1S/C18H23NO2S/c1-14(2)11-17(15-7-4-3-5-8-15)19-18(20)13-22-12-16-9-6-10-21-16/h3-10,14,17H,11-13H2,1-2H3,(H,19,20). The van der Waals surface area contributed by atoms with Crippen molar-refractivity contribution in [2.24, 2.45) is 5.92 Å². The van der Waals surface area contributed by atoms with Crippen molar-refractivity contribution >= 4 is 17.7 Å². The third kappa shape index (κ3) is 5.60. The van der Waals surface area contributed by atoms with Crippen molar-refractivity contribution in [1.82, 2.24) is 5.32 Å². The first kappa shape index (κ1) is 16.7. The Morgan fingerprint density at radius 1 is 1.18 bits per heavy atom. The lowest BCUT2D eigenvalue weighted by Crippen LogP contribution is -2.30. The van der Waals surface area contributed by atoms with Crippen molar-refractivity contribution in [3.63, 3.8) is 0 Å². The van der Waals surface area contributed by atoms with Gasteiger partial charge in [-0.1, -0.05) is 44.2 Å². The number of benzene rings is 1. The van der Waals surface area contributed by atoms with E-state index in [2.05, 4.69) is 31.3 Å². The van der Waals surface area contributed by atoms with Gasteiger partial charge in [0.15, 0.2) is 0 Å². The summed E-state index contributed by atoms with van der Waals surface area (Å²) in [7, 11) is 0. The van der Waals surface area contributed by atoms with Gasteiger partial charge in [-0.25, -0.2) is 0 Å². The highest BCUT2D eigenvalue weighted by Gasteiger charge is 2.16. The summed E-state index contributed by atoms with van der Waals surface area (Å²) in [5.74, 6) is 2.68.